The Morgan fingerprint density at radius 3 is 2.65 bits per heavy atom. The fourth-order valence-corrected chi connectivity index (χ4v) is 5.78. The SMILES string of the molecule is O=C(NCc1cc(-c2ccc(C(F)(F)F)cc2)ncn1)[C@@H]1CCCN1S(=O)(=O)c1cc2ccncc2o1. The molecule has 0 radical (unpaired) electrons. The highest BCUT2D eigenvalue weighted by atomic mass is 32.2. The van der Waals surface area contributed by atoms with E-state index in [1.165, 1.54) is 36.9 Å². The number of aromatic nitrogens is 3. The maximum atomic E-state index is 13.2. The Labute approximate surface area is 209 Å². The zero-order valence-electron chi connectivity index (χ0n) is 19.1. The number of amides is 1. The van der Waals surface area contributed by atoms with E-state index < -0.39 is 33.7 Å². The van der Waals surface area contributed by atoms with Gasteiger partial charge in [0.2, 0.25) is 11.0 Å². The summed E-state index contributed by atoms with van der Waals surface area (Å²) >= 11 is 0. The minimum absolute atomic E-state index is 0.0182. The van der Waals surface area contributed by atoms with Crippen LogP contribution in [-0.2, 0) is 27.5 Å². The standard InChI is InChI=1S/C24H20F3N5O4S/c25-24(26,27)17-5-3-15(4-6-17)19-11-18(30-14-31-19)12-29-23(33)20-2-1-9-32(20)37(34,35)22-10-16-7-8-28-13-21(16)36-22/h3-8,10-11,13-14,20H,1-2,9,12H2,(H,29,33)/t20-/m0/s1. The third kappa shape index (κ3) is 5.04. The summed E-state index contributed by atoms with van der Waals surface area (Å²) in [5, 5.41) is 3.03. The molecular formula is C24H20F3N5O4S. The number of carbonyl (C=O) groups excluding carboxylic acids is 1. The summed E-state index contributed by atoms with van der Waals surface area (Å²) < 4.78 is 71.5. The lowest BCUT2D eigenvalue weighted by molar-refractivity contribution is -0.137. The van der Waals surface area contributed by atoms with Crippen LogP contribution in [0.1, 0.15) is 24.1 Å². The van der Waals surface area contributed by atoms with E-state index in [-0.39, 0.29) is 18.2 Å². The van der Waals surface area contributed by atoms with Gasteiger partial charge in [0, 0.05) is 29.8 Å². The van der Waals surface area contributed by atoms with Gasteiger partial charge < -0.3 is 9.73 Å². The molecule has 0 bridgehead atoms. The number of sulfonamides is 1. The molecular weight excluding hydrogens is 511 g/mol. The van der Waals surface area contributed by atoms with Crippen molar-refractivity contribution in [1.82, 2.24) is 24.6 Å². The number of hydrogen-bond donors (Lipinski definition) is 1. The maximum absolute atomic E-state index is 13.2. The lowest BCUT2D eigenvalue weighted by Gasteiger charge is -2.22. The minimum Gasteiger partial charge on any atom is -0.442 e. The molecule has 0 aliphatic carbocycles. The summed E-state index contributed by atoms with van der Waals surface area (Å²) in [7, 11) is -4.06. The van der Waals surface area contributed by atoms with Gasteiger partial charge in [-0.1, -0.05) is 12.1 Å². The third-order valence-corrected chi connectivity index (χ3v) is 7.81. The molecule has 0 unspecified atom stereocenters. The molecule has 37 heavy (non-hydrogen) atoms. The largest absolute Gasteiger partial charge is 0.442 e. The fraction of sp³-hybridized carbons (Fsp3) is 0.250. The van der Waals surface area contributed by atoms with Crippen molar-refractivity contribution in [2.24, 2.45) is 0 Å². The van der Waals surface area contributed by atoms with Gasteiger partial charge in [-0.3, -0.25) is 9.78 Å². The molecule has 13 heteroatoms. The Hall–Kier alpha value is -3.84. The van der Waals surface area contributed by atoms with Crippen molar-refractivity contribution in [3.05, 3.63) is 72.4 Å². The molecule has 1 N–H and O–H groups in total. The zero-order chi connectivity index (χ0) is 26.2. The van der Waals surface area contributed by atoms with Crippen LogP contribution in [-0.4, -0.2) is 46.2 Å². The summed E-state index contributed by atoms with van der Waals surface area (Å²) in [6.07, 6.45) is 0.595. The highest BCUT2D eigenvalue weighted by molar-refractivity contribution is 7.89. The number of carbonyl (C=O) groups is 1. The maximum Gasteiger partial charge on any atom is 0.416 e. The first-order valence-corrected chi connectivity index (χ1v) is 12.7. The van der Waals surface area contributed by atoms with Crippen molar-refractivity contribution in [3.63, 3.8) is 0 Å². The lowest BCUT2D eigenvalue weighted by Crippen LogP contribution is -2.45. The van der Waals surface area contributed by atoms with Gasteiger partial charge >= 0.3 is 6.18 Å². The van der Waals surface area contributed by atoms with E-state index in [0.29, 0.717) is 40.8 Å². The molecule has 3 aromatic heterocycles. The minimum atomic E-state index is -4.44. The van der Waals surface area contributed by atoms with Crippen LogP contribution < -0.4 is 5.32 Å². The first-order valence-electron chi connectivity index (χ1n) is 11.2. The number of benzene rings is 1. The molecule has 1 amide bonds. The first kappa shape index (κ1) is 24.8. The summed E-state index contributed by atoms with van der Waals surface area (Å²) in [6.45, 7) is 0.150. The van der Waals surface area contributed by atoms with Gasteiger partial charge in [-0.25, -0.2) is 18.4 Å². The predicted molar refractivity (Wildman–Crippen MR) is 125 cm³/mol. The van der Waals surface area contributed by atoms with Crippen LogP contribution in [0.25, 0.3) is 22.2 Å². The second kappa shape index (κ2) is 9.56. The zero-order valence-corrected chi connectivity index (χ0v) is 20.0. The topological polar surface area (TPSA) is 118 Å². The van der Waals surface area contributed by atoms with Crippen molar-refractivity contribution in [2.75, 3.05) is 6.54 Å². The number of alkyl halides is 3. The van der Waals surface area contributed by atoms with Gasteiger partial charge in [0.15, 0.2) is 5.58 Å². The quantitative estimate of drug-likeness (QED) is 0.402. The lowest BCUT2D eigenvalue weighted by atomic mass is 10.1. The molecule has 1 atom stereocenters. The van der Waals surface area contributed by atoms with Gasteiger partial charge in [0.05, 0.1) is 29.7 Å². The van der Waals surface area contributed by atoms with Crippen LogP contribution in [0.5, 0.6) is 0 Å². The number of pyridine rings is 1. The van der Waals surface area contributed by atoms with E-state index in [9.17, 15) is 26.4 Å². The highest BCUT2D eigenvalue weighted by Gasteiger charge is 2.41. The van der Waals surface area contributed by atoms with Crippen LogP contribution in [0, 0.1) is 0 Å². The van der Waals surface area contributed by atoms with Crippen LogP contribution in [0.2, 0.25) is 0 Å². The fourth-order valence-electron chi connectivity index (χ4n) is 4.17. The second-order valence-electron chi connectivity index (χ2n) is 8.44. The molecule has 1 fully saturated rings. The molecule has 1 aliphatic rings. The molecule has 5 rings (SSSR count). The third-order valence-electron chi connectivity index (χ3n) is 6.05. The van der Waals surface area contributed by atoms with Crippen molar-refractivity contribution < 1.29 is 30.8 Å². The number of nitrogens with zero attached hydrogens (tertiary/aromatic N) is 4. The molecule has 4 aromatic rings. The van der Waals surface area contributed by atoms with E-state index in [1.807, 2.05) is 0 Å². The van der Waals surface area contributed by atoms with Crippen molar-refractivity contribution >= 4 is 26.9 Å². The monoisotopic (exact) mass is 531 g/mol. The van der Waals surface area contributed by atoms with Gasteiger partial charge in [-0.2, -0.15) is 17.5 Å². The van der Waals surface area contributed by atoms with Crippen LogP contribution in [0.4, 0.5) is 13.2 Å². The first-order chi connectivity index (χ1) is 17.6. The van der Waals surface area contributed by atoms with Gasteiger partial charge in [0.25, 0.3) is 10.0 Å². The molecule has 0 saturated carbocycles. The smallest absolute Gasteiger partial charge is 0.416 e. The molecule has 1 aliphatic heterocycles. The Morgan fingerprint density at radius 2 is 1.92 bits per heavy atom. The van der Waals surface area contributed by atoms with E-state index in [1.54, 1.807) is 12.1 Å². The van der Waals surface area contributed by atoms with Gasteiger partial charge in [-0.05, 0) is 37.1 Å². The Balaban J connectivity index is 1.28. The molecule has 1 aromatic carbocycles. The van der Waals surface area contributed by atoms with Gasteiger partial charge in [-0.15, -0.1) is 0 Å². The number of rotatable bonds is 6. The summed E-state index contributed by atoms with van der Waals surface area (Å²) in [5.74, 6) is -0.492. The van der Waals surface area contributed by atoms with Crippen molar-refractivity contribution in [3.8, 4) is 11.3 Å². The van der Waals surface area contributed by atoms with E-state index >= 15 is 0 Å². The van der Waals surface area contributed by atoms with E-state index in [2.05, 4.69) is 20.3 Å². The molecule has 9 nitrogen and oxygen atoms in total. The Bertz CT molecular complexity index is 1520. The molecule has 4 heterocycles. The van der Waals surface area contributed by atoms with E-state index in [4.69, 9.17) is 4.42 Å². The predicted octanol–water partition coefficient (Wildman–Crippen LogP) is 3.77. The normalized spacial score (nSPS) is 16.8. The molecule has 192 valence electrons. The Morgan fingerprint density at radius 1 is 1.14 bits per heavy atom. The average Bonchev–Trinajstić information content (AvgIpc) is 3.55. The molecule has 1 saturated heterocycles. The average molecular weight is 532 g/mol. The van der Waals surface area contributed by atoms with Crippen LogP contribution in [0.15, 0.2) is 70.7 Å². The second-order valence-corrected chi connectivity index (χ2v) is 10.3. The number of halogens is 3. The summed E-state index contributed by atoms with van der Waals surface area (Å²) in [5.41, 5.74) is 0.812. The number of nitrogens with one attached hydrogen (secondary N) is 1. The highest BCUT2D eigenvalue weighted by Crippen LogP contribution is 2.31. The number of hydrogen-bond acceptors (Lipinski definition) is 7. The van der Waals surface area contributed by atoms with Gasteiger partial charge in [0.1, 0.15) is 12.4 Å². The summed E-state index contributed by atoms with van der Waals surface area (Å²) in [4.78, 5) is 25.1. The van der Waals surface area contributed by atoms with E-state index in [0.717, 1.165) is 16.4 Å². The Kier molecular flexibility index (Phi) is 6.42. The van der Waals surface area contributed by atoms with Crippen molar-refractivity contribution in [1.29, 1.82) is 0 Å². The van der Waals surface area contributed by atoms with Crippen molar-refractivity contribution in [2.45, 2.75) is 36.7 Å². The molecule has 0 spiro atoms. The number of fused-ring (bicyclic) bond motifs is 1. The van der Waals surface area contributed by atoms with Crippen LogP contribution >= 0.6 is 0 Å². The summed E-state index contributed by atoms with van der Waals surface area (Å²) in [6, 6.07) is 8.21. The van der Waals surface area contributed by atoms with Crippen LogP contribution in [0.3, 0.4) is 0 Å². The number of furan rings is 1.